The van der Waals surface area contributed by atoms with Crippen LogP contribution < -0.4 is 0 Å². The minimum absolute atomic E-state index is 0.336. The van der Waals surface area contributed by atoms with Gasteiger partial charge in [0.1, 0.15) is 5.82 Å². The summed E-state index contributed by atoms with van der Waals surface area (Å²) in [5.41, 5.74) is 0.336. The number of hydrogen-bond acceptors (Lipinski definition) is 3. The van der Waals surface area contributed by atoms with Crippen molar-refractivity contribution in [1.29, 1.82) is 0 Å². The molecular formula is C13H25N3S. The van der Waals surface area contributed by atoms with Crippen LogP contribution in [0.4, 0.5) is 0 Å². The van der Waals surface area contributed by atoms with Gasteiger partial charge < -0.3 is 4.57 Å². The Balaban J connectivity index is 2.59. The number of hydrogen-bond donors (Lipinski definition) is 1. The van der Waals surface area contributed by atoms with Gasteiger partial charge in [-0.3, -0.25) is 4.90 Å². The van der Waals surface area contributed by atoms with Crippen LogP contribution in [0.15, 0.2) is 12.4 Å². The average molecular weight is 255 g/mol. The lowest BCUT2D eigenvalue weighted by atomic mass is 9.84. The second kappa shape index (κ2) is 6.45. The minimum atomic E-state index is 0.336. The van der Waals surface area contributed by atoms with Crippen LogP contribution in [-0.4, -0.2) is 33.8 Å². The van der Waals surface area contributed by atoms with Crippen LogP contribution in [0.2, 0.25) is 0 Å². The van der Waals surface area contributed by atoms with Gasteiger partial charge in [-0.15, -0.1) is 0 Å². The Morgan fingerprint density at radius 3 is 2.47 bits per heavy atom. The number of imidazole rings is 1. The van der Waals surface area contributed by atoms with E-state index in [0.29, 0.717) is 5.41 Å². The number of thiol groups is 1. The number of aromatic nitrogens is 2. The molecule has 1 rings (SSSR count). The van der Waals surface area contributed by atoms with E-state index >= 15 is 0 Å². The molecule has 1 heterocycles. The molecule has 0 saturated heterocycles. The molecule has 17 heavy (non-hydrogen) atoms. The SMILES string of the molecule is CCC(CC)(CS)CN(C)Cc1nccn1C. The summed E-state index contributed by atoms with van der Waals surface area (Å²) >= 11 is 4.52. The lowest BCUT2D eigenvalue weighted by Gasteiger charge is -2.34. The fourth-order valence-corrected chi connectivity index (χ4v) is 2.71. The van der Waals surface area contributed by atoms with Crippen LogP contribution in [0.3, 0.4) is 0 Å². The largest absolute Gasteiger partial charge is 0.337 e. The van der Waals surface area contributed by atoms with E-state index in [1.54, 1.807) is 0 Å². The highest BCUT2D eigenvalue weighted by molar-refractivity contribution is 7.80. The molecule has 4 heteroatoms. The molecule has 3 nitrogen and oxygen atoms in total. The maximum atomic E-state index is 4.52. The molecule has 98 valence electrons. The predicted molar refractivity (Wildman–Crippen MR) is 76.4 cm³/mol. The first-order valence-corrected chi connectivity index (χ1v) is 6.95. The van der Waals surface area contributed by atoms with Crippen molar-refractivity contribution in [2.75, 3.05) is 19.3 Å². The van der Waals surface area contributed by atoms with Gasteiger partial charge in [-0.05, 0) is 31.1 Å². The van der Waals surface area contributed by atoms with E-state index < -0.39 is 0 Å². The Morgan fingerprint density at radius 2 is 2.06 bits per heavy atom. The molecule has 0 radical (unpaired) electrons. The summed E-state index contributed by atoms with van der Waals surface area (Å²) < 4.78 is 2.08. The monoisotopic (exact) mass is 255 g/mol. The van der Waals surface area contributed by atoms with Gasteiger partial charge >= 0.3 is 0 Å². The lowest BCUT2D eigenvalue weighted by molar-refractivity contribution is 0.175. The van der Waals surface area contributed by atoms with Crippen molar-refractivity contribution < 1.29 is 0 Å². The van der Waals surface area contributed by atoms with Gasteiger partial charge in [0.05, 0.1) is 6.54 Å². The van der Waals surface area contributed by atoms with Crippen molar-refractivity contribution in [2.24, 2.45) is 12.5 Å². The molecule has 0 aliphatic carbocycles. The molecule has 0 atom stereocenters. The molecule has 1 aromatic rings. The molecule has 1 aromatic heterocycles. The van der Waals surface area contributed by atoms with Gasteiger partial charge in [-0.2, -0.15) is 12.6 Å². The molecular weight excluding hydrogens is 230 g/mol. The van der Waals surface area contributed by atoms with E-state index in [9.17, 15) is 0 Å². The highest BCUT2D eigenvalue weighted by Gasteiger charge is 2.26. The zero-order chi connectivity index (χ0) is 12.9. The third-order valence-corrected chi connectivity index (χ3v) is 4.44. The van der Waals surface area contributed by atoms with E-state index in [1.165, 1.54) is 12.8 Å². The van der Waals surface area contributed by atoms with Crippen LogP contribution in [0.25, 0.3) is 0 Å². The van der Waals surface area contributed by atoms with Crippen molar-refractivity contribution >= 4 is 12.6 Å². The van der Waals surface area contributed by atoms with Crippen molar-refractivity contribution in [3.05, 3.63) is 18.2 Å². The van der Waals surface area contributed by atoms with E-state index in [-0.39, 0.29) is 0 Å². The van der Waals surface area contributed by atoms with Crippen LogP contribution in [0.1, 0.15) is 32.5 Å². The fraction of sp³-hybridized carbons (Fsp3) is 0.769. The molecule has 0 bridgehead atoms. The normalized spacial score (nSPS) is 12.4. The van der Waals surface area contributed by atoms with Gasteiger partial charge in [-0.25, -0.2) is 4.98 Å². The number of aryl methyl sites for hydroxylation is 1. The second-order valence-corrected chi connectivity index (χ2v) is 5.31. The van der Waals surface area contributed by atoms with Crippen LogP contribution in [0, 0.1) is 5.41 Å². The Labute approximate surface area is 111 Å². The topological polar surface area (TPSA) is 21.1 Å². The summed E-state index contributed by atoms with van der Waals surface area (Å²) in [4.78, 5) is 6.72. The standard InChI is InChI=1S/C13H25N3S/c1-5-13(6-2,11-17)10-15(3)9-12-14-7-8-16(12)4/h7-8,17H,5-6,9-11H2,1-4H3. The van der Waals surface area contributed by atoms with E-state index in [0.717, 1.165) is 24.7 Å². The molecule has 0 N–H and O–H groups in total. The molecule has 0 aromatic carbocycles. The first kappa shape index (κ1) is 14.6. The number of nitrogens with zero attached hydrogens (tertiary/aromatic N) is 3. The first-order valence-electron chi connectivity index (χ1n) is 6.32. The quantitative estimate of drug-likeness (QED) is 0.756. The highest BCUT2D eigenvalue weighted by Crippen LogP contribution is 2.28. The number of rotatable bonds is 7. The average Bonchev–Trinajstić information content (AvgIpc) is 2.72. The summed E-state index contributed by atoms with van der Waals surface area (Å²) in [5.74, 6) is 2.07. The zero-order valence-corrected chi connectivity index (χ0v) is 12.4. The Morgan fingerprint density at radius 1 is 1.41 bits per heavy atom. The summed E-state index contributed by atoms with van der Waals surface area (Å²) in [6.07, 6.45) is 6.21. The third kappa shape index (κ3) is 3.75. The van der Waals surface area contributed by atoms with Gasteiger partial charge in [0.15, 0.2) is 0 Å². The summed E-state index contributed by atoms with van der Waals surface area (Å²) in [7, 11) is 4.21. The minimum Gasteiger partial charge on any atom is -0.337 e. The van der Waals surface area contributed by atoms with Crippen LogP contribution in [0.5, 0.6) is 0 Å². The molecule has 0 aliphatic heterocycles. The third-order valence-electron chi connectivity index (χ3n) is 3.77. The Bertz CT molecular complexity index is 323. The lowest BCUT2D eigenvalue weighted by Crippen LogP contribution is -2.36. The molecule has 0 unspecified atom stereocenters. The summed E-state index contributed by atoms with van der Waals surface area (Å²) in [6, 6.07) is 0. The van der Waals surface area contributed by atoms with Gasteiger partial charge in [0.25, 0.3) is 0 Å². The van der Waals surface area contributed by atoms with Crippen LogP contribution in [-0.2, 0) is 13.6 Å². The van der Waals surface area contributed by atoms with Gasteiger partial charge in [0.2, 0.25) is 0 Å². The Kier molecular flexibility index (Phi) is 5.53. The molecule has 0 amide bonds. The first-order chi connectivity index (χ1) is 8.06. The van der Waals surface area contributed by atoms with Gasteiger partial charge in [-0.1, -0.05) is 13.8 Å². The predicted octanol–water partition coefficient (Wildman–Crippen LogP) is 2.59. The molecule has 0 saturated carbocycles. The fourth-order valence-electron chi connectivity index (χ4n) is 2.17. The molecule has 0 fully saturated rings. The van der Waals surface area contributed by atoms with Crippen molar-refractivity contribution in [2.45, 2.75) is 33.2 Å². The van der Waals surface area contributed by atoms with Crippen molar-refractivity contribution in [1.82, 2.24) is 14.5 Å². The zero-order valence-electron chi connectivity index (χ0n) is 11.5. The molecule has 0 aliphatic rings. The summed E-state index contributed by atoms with van der Waals surface area (Å²) in [5, 5.41) is 0. The van der Waals surface area contributed by atoms with Crippen molar-refractivity contribution in [3.63, 3.8) is 0 Å². The maximum Gasteiger partial charge on any atom is 0.122 e. The van der Waals surface area contributed by atoms with E-state index in [4.69, 9.17) is 0 Å². The van der Waals surface area contributed by atoms with E-state index in [1.807, 2.05) is 19.4 Å². The Hall–Kier alpha value is -0.480. The van der Waals surface area contributed by atoms with Gasteiger partial charge in [0, 0.05) is 26.0 Å². The van der Waals surface area contributed by atoms with Crippen molar-refractivity contribution in [3.8, 4) is 0 Å². The summed E-state index contributed by atoms with van der Waals surface area (Å²) in [6.45, 7) is 6.50. The highest BCUT2D eigenvalue weighted by atomic mass is 32.1. The molecule has 0 spiro atoms. The second-order valence-electron chi connectivity index (χ2n) is 4.99. The van der Waals surface area contributed by atoms with Crippen LogP contribution >= 0.6 is 12.6 Å². The maximum absolute atomic E-state index is 4.52. The smallest absolute Gasteiger partial charge is 0.122 e. The van der Waals surface area contributed by atoms with E-state index in [2.05, 4.69) is 48.0 Å².